The quantitative estimate of drug-likeness (QED) is 0.595. The van der Waals surface area contributed by atoms with Crippen molar-refractivity contribution in [1.82, 2.24) is 20.8 Å². The highest BCUT2D eigenvalue weighted by Crippen LogP contribution is 2.25. The largest absolute Gasteiger partial charge is 0.391 e. The van der Waals surface area contributed by atoms with E-state index in [9.17, 15) is 14.7 Å². The molecular weight excluding hydrogens is 368 g/mol. The molecule has 0 spiro atoms. The number of nitrogens with zero attached hydrogens (tertiary/aromatic N) is 1. The lowest BCUT2D eigenvalue weighted by Crippen LogP contribution is -2.49. The minimum Gasteiger partial charge on any atom is -0.391 e. The number of benzene rings is 1. The van der Waals surface area contributed by atoms with E-state index in [1.807, 2.05) is 45.0 Å². The van der Waals surface area contributed by atoms with Crippen molar-refractivity contribution in [2.45, 2.75) is 65.1 Å². The van der Waals surface area contributed by atoms with E-state index in [1.54, 1.807) is 0 Å². The standard InChI is InChI=1S/C22H30N4O3/c1-13-5-4-6-16(9-13)10-21(28)24-19-8-7-17(11-20(19)27)22(29)23-12-18-14(2)25-26-15(18)3/h4-6,9,17,19-20,27H,7-8,10-12H2,1-3H3,(H,23,29)(H,24,28)(H,25,26)/t17-,19-,20-/m0/s1. The molecule has 7 nitrogen and oxygen atoms in total. The van der Waals surface area contributed by atoms with Crippen molar-refractivity contribution in [3.63, 3.8) is 0 Å². The van der Waals surface area contributed by atoms with Gasteiger partial charge in [0, 0.05) is 23.7 Å². The Morgan fingerprint density at radius 3 is 2.69 bits per heavy atom. The Bertz CT molecular complexity index is 857. The van der Waals surface area contributed by atoms with Crippen LogP contribution in [0.15, 0.2) is 24.3 Å². The van der Waals surface area contributed by atoms with Gasteiger partial charge in [-0.05, 0) is 45.6 Å². The molecule has 1 aromatic carbocycles. The van der Waals surface area contributed by atoms with Gasteiger partial charge in [-0.3, -0.25) is 14.7 Å². The molecule has 156 valence electrons. The molecule has 2 aromatic rings. The molecule has 0 saturated heterocycles. The first kappa shape index (κ1) is 21.0. The molecule has 0 aliphatic heterocycles. The van der Waals surface area contributed by atoms with E-state index in [-0.39, 0.29) is 30.2 Å². The van der Waals surface area contributed by atoms with Crippen LogP contribution in [0.1, 0.15) is 47.3 Å². The number of aliphatic hydroxyl groups excluding tert-OH is 1. The number of carbonyl (C=O) groups is 2. The first-order valence-electron chi connectivity index (χ1n) is 10.1. The number of aromatic nitrogens is 2. The maximum absolute atomic E-state index is 12.5. The molecule has 1 heterocycles. The van der Waals surface area contributed by atoms with Crippen molar-refractivity contribution >= 4 is 11.8 Å². The second-order valence-corrected chi connectivity index (χ2v) is 8.05. The summed E-state index contributed by atoms with van der Waals surface area (Å²) < 4.78 is 0. The zero-order valence-electron chi connectivity index (χ0n) is 17.3. The highest BCUT2D eigenvalue weighted by atomic mass is 16.3. The van der Waals surface area contributed by atoms with Crippen molar-refractivity contribution in [2.24, 2.45) is 5.92 Å². The fraction of sp³-hybridized carbons (Fsp3) is 0.500. The smallest absolute Gasteiger partial charge is 0.224 e. The van der Waals surface area contributed by atoms with Crippen LogP contribution in [0.25, 0.3) is 0 Å². The third kappa shape index (κ3) is 5.44. The zero-order chi connectivity index (χ0) is 21.0. The lowest BCUT2D eigenvalue weighted by molar-refractivity contribution is -0.128. The molecule has 29 heavy (non-hydrogen) atoms. The Morgan fingerprint density at radius 1 is 1.24 bits per heavy atom. The summed E-state index contributed by atoms with van der Waals surface area (Å²) in [7, 11) is 0. The molecule has 3 rings (SSSR count). The first-order chi connectivity index (χ1) is 13.8. The van der Waals surface area contributed by atoms with E-state index < -0.39 is 6.10 Å². The van der Waals surface area contributed by atoms with Gasteiger partial charge in [-0.2, -0.15) is 5.10 Å². The molecule has 1 aromatic heterocycles. The highest BCUT2D eigenvalue weighted by Gasteiger charge is 2.33. The van der Waals surface area contributed by atoms with Gasteiger partial charge in [0.15, 0.2) is 0 Å². The molecule has 1 fully saturated rings. The minimum absolute atomic E-state index is 0.0615. The van der Waals surface area contributed by atoms with E-state index in [4.69, 9.17) is 0 Å². The molecule has 2 amide bonds. The third-order valence-corrected chi connectivity index (χ3v) is 5.70. The van der Waals surface area contributed by atoms with E-state index in [1.165, 1.54) is 0 Å². The van der Waals surface area contributed by atoms with Gasteiger partial charge >= 0.3 is 0 Å². The average molecular weight is 399 g/mol. The number of hydrogen-bond donors (Lipinski definition) is 4. The molecule has 1 saturated carbocycles. The lowest BCUT2D eigenvalue weighted by atomic mass is 9.83. The van der Waals surface area contributed by atoms with Crippen LogP contribution >= 0.6 is 0 Å². The molecule has 1 aliphatic rings. The number of rotatable bonds is 6. The van der Waals surface area contributed by atoms with Gasteiger partial charge in [0.05, 0.1) is 24.3 Å². The van der Waals surface area contributed by atoms with Gasteiger partial charge in [0.1, 0.15) is 0 Å². The van der Waals surface area contributed by atoms with Crippen LogP contribution < -0.4 is 10.6 Å². The number of aryl methyl sites for hydroxylation is 3. The summed E-state index contributed by atoms with van der Waals surface area (Å²) in [5.41, 5.74) is 4.89. The summed E-state index contributed by atoms with van der Waals surface area (Å²) >= 11 is 0. The summed E-state index contributed by atoms with van der Waals surface area (Å²) in [4.78, 5) is 24.9. The molecular formula is C22H30N4O3. The Hall–Kier alpha value is -2.67. The Balaban J connectivity index is 1.47. The number of amides is 2. The second-order valence-electron chi connectivity index (χ2n) is 8.05. The van der Waals surface area contributed by atoms with Crippen molar-refractivity contribution < 1.29 is 14.7 Å². The summed E-state index contributed by atoms with van der Waals surface area (Å²) in [6.07, 6.45) is 1.14. The van der Waals surface area contributed by atoms with E-state index in [0.29, 0.717) is 25.8 Å². The highest BCUT2D eigenvalue weighted by molar-refractivity contribution is 5.80. The molecule has 4 N–H and O–H groups in total. The van der Waals surface area contributed by atoms with Crippen LogP contribution in [-0.2, 0) is 22.6 Å². The molecule has 3 atom stereocenters. The minimum atomic E-state index is -0.724. The normalized spacial score (nSPS) is 21.6. The van der Waals surface area contributed by atoms with Gasteiger partial charge in [-0.1, -0.05) is 29.8 Å². The summed E-state index contributed by atoms with van der Waals surface area (Å²) in [6, 6.07) is 7.53. The maximum atomic E-state index is 12.5. The van der Waals surface area contributed by atoms with E-state index in [2.05, 4.69) is 20.8 Å². The summed E-state index contributed by atoms with van der Waals surface area (Å²) in [6.45, 7) is 6.25. The molecule has 7 heteroatoms. The molecule has 0 unspecified atom stereocenters. The number of aromatic amines is 1. The van der Waals surface area contributed by atoms with Crippen LogP contribution in [0, 0.1) is 26.7 Å². The Kier molecular flexibility index (Phi) is 6.69. The lowest BCUT2D eigenvalue weighted by Gasteiger charge is -2.33. The van der Waals surface area contributed by atoms with Crippen LogP contribution in [0.4, 0.5) is 0 Å². The third-order valence-electron chi connectivity index (χ3n) is 5.70. The van der Waals surface area contributed by atoms with Crippen molar-refractivity contribution in [3.8, 4) is 0 Å². The van der Waals surface area contributed by atoms with Crippen LogP contribution in [0.2, 0.25) is 0 Å². The van der Waals surface area contributed by atoms with E-state index in [0.717, 1.165) is 28.1 Å². The van der Waals surface area contributed by atoms with Crippen LogP contribution in [-0.4, -0.2) is 39.3 Å². The van der Waals surface area contributed by atoms with E-state index >= 15 is 0 Å². The number of hydrogen-bond acceptors (Lipinski definition) is 4. The molecule has 0 bridgehead atoms. The number of nitrogens with one attached hydrogen (secondary N) is 3. The van der Waals surface area contributed by atoms with Crippen molar-refractivity contribution in [1.29, 1.82) is 0 Å². The maximum Gasteiger partial charge on any atom is 0.224 e. The predicted molar refractivity (Wildman–Crippen MR) is 110 cm³/mol. The summed E-state index contributed by atoms with van der Waals surface area (Å²) in [5.74, 6) is -0.413. The fourth-order valence-corrected chi connectivity index (χ4v) is 3.97. The Morgan fingerprint density at radius 2 is 2.03 bits per heavy atom. The van der Waals surface area contributed by atoms with Crippen molar-refractivity contribution in [2.75, 3.05) is 0 Å². The van der Waals surface area contributed by atoms with Gasteiger partial charge in [-0.15, -0.1) is 0 Å². The molecule has 0 radical (unpaired) electrons. The van der Waals surface area contributed by atoms with Crippen LogP contribution in [0.5, 0.6) is 0 Å². The van der Waals surface area contributed by atoms with Gasteiger partial charge in [0.2, 0.25) is 11.8 Å². The summed E-state index contributed by atoms with van der Waals surface area (Å²) in [5, 5.41) is 23.4. The number of H-pyrrole nitrogens is 1. The average Bonchev–Trinajstić information content (AvgIpc) is 2.99. The number of aliphatic hydroxyl groups is 1. The Labute approximate surface area is 171 Å². The zero-order valence-corrected chi connectivity index (χ0v) is 17.3. The second kappa shape index (κ2) is 9.22. The predicted octanol–water partition coefficient (Wildman–Crippen LogP) is 1.84. The topological polar surface area (TPSA) is 107 Å². The first-order valence-corrected chi connectivity index (χ1v) is 10.1. The van der Waals surface area contributed by atoms with Gasteiger partial charge < -0.3 is 15.7 Å². The van der Waals surface area contributed by atoms with Crippen LogP contribution in [0.3, 0.4) is 0 Å². The van der Waals surface area contributed by atoms with Crippen molar-refractivity contribution in [3.05, 3.63) is 52.3 Å². The van der Waals surface area contributed by atoms with Gasteiger partial charge in [-0.25, -0.2) is 0 Å². The van der Waals surface area contributed by atoms with Gasteiger partial charge in [0.25, 0.3) is 0 Å². The fourth-order valence-electron chi connectivity index (χ4n) is 3.97. The number of carbonyl (C=O) groups excluding carboxylic acids is 2. The SMILES string of the molecule is Cc1cccc(CC(=O)N[C@H]2CC[C@H](C(=O)NCc3c(C)n[nH]c3C)C[C@@H]2O)c1. The molecule has 1 aliphatic carbocycles. The monoisotopic (exact) mass is 398 g/mol.